The molecule has 1 saturated heterocycles. The van der Waals surface area contributed by atoms with Crippen LogP contribution >= 0.6 is 0 Å². The number of hydrogen-bond acceptors (Lipinski definition) is 6. The first-order valence-electron chi connectivity index (χ1n) is 7.57. The molecule has 0 saturated carbocycles. The van der Waals surface area contributed by atoms with E-state index in [0.717, 1.165) is 24.3 Å². The van der Waals surface area contributed by atoms with Crippen LogP contribution in [0.5, 0.6) is 0 Å². The van der Waals surface area contributed by atoms with Crippen molar-refractivity contribution >= 4 is 17.3 Å². The molecular weight excluding hydrogens is 296 g/mol. The van der Waals surface area contributed by atoms with Crippen molar-refractivity contribution in [3.05, 3.63) is 29.3 Å². The van der Waals surface area contributed by atoms with Crippen LogP contribution in [0.1, 0.15) is 17.5 Å². The van der Waals surface area contributed by atoms with E-state index in [1.807, 2.05) is 12.1 Å². The van der Waals surface area contributed by atoms with Crippen molar-refractivity contribution in [1.82, 2.24) is 5.43 Å². The van der Waals surface area contributed by atoms with Crippen LogP contribution < -0.4 is 10.3 Å². The summed E-state index contributed by atoms with van der Waals surface area (Å²) in [5, 5.41) is 23.0. The summed E-state index contributed by atoms with van der Waals surface area (Å²) < 4.78 is 5.34. The van der Waals surface area contributed by atoms with Crippen LogP contribution in [0.4, 0.5) is 5.69 Å². The van der Waals surface area contributed by atoms with Crippen LogP contribution in [0.3, 0.4) is 0 Å². The molecule has 2 aliphatic rings. The summed E-state index contributed by atoms with van der Waals surface area (Å²) in [6.07, 6.45) is 0.197. The number of carbonyl (C=O) groups excluding carboxylic acids is 1. The first-order valence-corrected chi connectivity index (χ1v) is 7.57. The van der Waals surface area contributed by atoms with E-state index in [4.69, 9.17) is 4.74 Å². The third kappa shape index (κ3) is 3.18. The third-order valence-electron chi connectivity index (χ3n) is 4.10. The highest BCUT2D eigenvalue weighted by molar-refractivity contribution is 6.06. The summed E-state index contributed by atoms with van der Waals surface area (Å²) in [5.74, 6) is -0.553. The Hall–Kier alpha value is -2.43. The van der Waals surface area contributed by atoms with E-state index in [-0.39, 0.29) is 24.9 Å². The Kier molecular flexibility index (Phi) is 4.55. The number of rotatable bonds is 3. The fraction of sp³-hybridized carbons (Fsp3) is 0.438. The Balaban J connectivity index is 1.92. The van der Waals surface area contributed by atoms with Crippen LogP contribution in [0.25, 0.3) is 0 Å². The number of anilines is 1. The van der Waals surface area contributed by atoms with Gasteiger partial charge >= 0.3 is 0 Å². The molecule has 1 unspecified atom stereocenters. The van der Waals surface area contributed by atoms with Gasteiger partial charge in [0.2, 0.25) is 5.91 Å². The highest BCUT2D eigenvalue weighted by Crippen LogP contribution is 2.25. The van der Waals surface area contributed by atoms with Crippen molar-refractivity contribution in [2.24, 2.45) is 11.0 Å². The lowest BCUT2D eigenvalue weighted by molar-refractivity contribution is -0.122. The lowest BCUT2D eigenvalue weighted by atomic mass is 9.92. The minimum absolute atomic E-state index is 0.153. The molecule has 120 valence electrons. The van der Waals surface area contributed by atoms with Gasteiger partial charge in [0, 0.05) is 25.4 Å². The largest absolute Gasteiger partial charge is 0.396 e. The van der Waals surface area contributed by atoms with Crippen LogP contribution in [0.15, 0.2) is 23.3 Å². The van der Waals surface area contributed by atoms with E-state index < -0.39 is 0 Å². The molecule has 2 N–H and O–H groups in total. The third-order valence-corrected chi connectivity index (χ3v) is 4.10. The highest BCUT2D eigenvalue weighted by Gasteiger charge is 2.26. The first kappa shape index (κ1) is 15.5. The Morgan fingerprint density at radius 3 is 2.91 bits per heavy atom. The molecule has 2 heterocycles. The SMILES string of the molecule is N#Cc1cc(C2=NNC(=O)CC2CO)ccc1N1CCOCC1. The van der Waals surface area contributed by atoms with Gasteiger partial charge in [0.25, 0.3) is 0 Å². The molecule has 1 fully saturated rings. The van der Waals surface area contributed by atoms with Crippen molar-refractivity contribution in [1.29, 1.82) is 5.26 Å². The zero-order valence-corrected chi connectivity index (χ0v) is 12.7. The van der Waals surface area contributed by atoms with Crippen LogP contribution in [-0.2, 0) is 9.53 Å². The average molecular weight is 314 g/mol. The molecule has 0 aromatic heterocycles. The van der Waals surface area contributed by atoms with Crippen LogP contribution in [0, 0.1) is 17.2 Å². The van der Waals surface area contributed by atoms with E-state index in [0.29, 0.717) is 24.5 Å². The normalized spacial score (nSPS) is 21.4. The predicted octanol–water partition coefficient (Wildman–Crippen LogP) is 0.227. The highest BCUT2D eigenvalue weighted by atomic mass is 16.5. The number of hydrogen-bond donors (Lipinski definition) is 2. The molecule has 1 aromatic carbocycles. The average Bonchev–Trinajstić information content (AvgIpc) is 2.61. The number of ether oxygens (including phenoxy) is 1. The van der Waals surface area contributed by atoms with Gasteiger partial charge in [0.15, 0.2) is 0 Å². The lowest BCUT2D eigenvalue weighted by Gasteiger charge is -2.30. The molecule has 23 heavy (non-hydrogen) atoms. The summed E-state index contributed by atoms with van der Waals surface area (Å²) in [5.41, 5.74) is 5.23. The van der Waals surface area contributed by atoms with Gasteiger partial charge < -0.3 is 14.7 Å². The number of aliphatic hydroxyl groups is 1. The van der Waals surface area contributed by atoms with E-state index in [9.17, 15) is 15.2 Å². The van der Waals surface area contributed by atoms with Gasteiger partial charge in [-0.2, -0.15) is 10.4 Å². The molecule has 1 atom stereocenters. The van der Waals surface area contributed by atoms with Gasteiger partial charge in [0.05, 0.1) is 36.8 Å². The second kappa shape index (κ2) is 6.77. The zero-order chi connectivity index (χ0) is 16.2. The predicted molar refractivity (Wildman–Crippen MR) is 84.1 cm³/mol. The van der Waals surface area contributed by atoms with E-state index >= 15 is 0 Å². The van der Waals surface area contributed by atoms with Crippen LogP contribution in [-0.4, -0.2) is 49.6 Å². The number of aliphatic hydroxyl groups excluding tert-OH is 1. The summed E-state index contributed by atoms with van der Waals surface area (Å²) in [6.45, 7) is 2.66. The maximum absolute atomic E-state index is 11.4. The molecule has 7 nitrogen and oxygen atoms in total. The standard InChI is InChI=1S/C16H18N4O3/c17-9-12-7-11(16-13(10-21)8-15(22)18-19-16)1-2-14(12)20-3-5-23-6-4-20/h1-2,7,13,21H,3-6,8,10H2,(H,18,22). The topological polar surface area (TPSA) is 98.0 Å². The Labute approximate surface area is 134 Å². The van der Waals surface area contributed by atoms with Crippen molar-refractivity contribution < 1.29 is 14.6 Å². The Morgan fingerprint density at radius 2 is 2.22 bits per heavy atom. The molecular formula is C16H18N4O3. The maximum atomic E-state index is 11.4. The number of nitrogens with zero attached hydrogens (tertiary/aromatic N) is 3. The molecule has 0 radical (unpaired) electrons. The lowest BCUT2D eigenvalue weighted by Crippen LogP contribution is -2.37. The van der Waals surface area contributed by atoms with Crippen molar-refractivity contribution in [3.8, 4) is 6.07 Å². The number of nitrogens with one attached hydrogen (secondary N) is 1. The summed E-state index contributed by atoms with van der Waals surface area (Å²) >= 11 is 0. The van der Waals surface area contributed by atoms with Crippen molar-refractivity contribution in [2.45, 2.75) is 6.42 Å². The summed E-state index contributed by atoms with van der Waals surface area (Å²) in [4.78, 5) is 13.5. The van der Waals surface area contributed by atoms with Gasteiger partial charge in [0.1, 0.15) is 6.07 Å². The van der Waals surface area contributed by atoms with Gasteiger partial charge in [-0.15, -0.1) is 0 Å². The molecule has 0 spiro atoms. The second-order valence-corrected chi connectivity index (χ2v) is 5.56. The number of amides is 1. The molecule has 7 heteroatoms. The molecule has 1 amide bonds. The number of hydrazone groups is 1. The second-order valence-electron chi connectivity index (χ2n) is 5.56. The quantitative estimate of drug-likeness (QED) is 0.832. The Morgan fingerprint density at radius 1 is 1.43 bits per heavy atom. The molecule has 2 aliphatic heterocycles. The molecule has 3 rings (SSSR count). The van der Waals surface area contributed by atoms with E-state index in [1.165, 1.54) is 0 Å². The number of morpholine rings is 1. The monoisotopic (exact) mass is 314 g/mol. The number of benzene rings is 1. The number of nitriles is 1. The van der Waals surface area contributed by atoms with Gasteiger partial charge in [-0.1, -0.05) is 6.07 Å². The molecule has 0 aliphatic carbocycles. The maximum Gasteiger partial charge on any atom is 0.240 e. The van der Waals surface area contributed by atoms with Gasteiger partial charge in [-0.3, -0.25) is 4.79 Å². The summed E-state index contributed by atoms with van der Waals surface area (Å²) in [6, 6.07) is 7.77. The Bertz CT molecular complexity index is 674. The van der Waals surface area contributed by atoms with Crippen molar-refractivity contribution in [3.63, 3.8) is 0 Å². The van der Waals surface area contributed by atoms with Gasteiger partial charge in [-0.05, 0) is 17.7 Å². The smallest absolute Gasteiger partial charge is 0.240 e. The van der Waals surface area contributed by atoms with Crippen LogP contribution in [0.2, 0.25) is 0 Å². The summed E-state index contributed by atoms with van der Waals surface area (Å²) in [7, 11) is 0. The molecule has 0 bridgehead atoms. The van der Waals surface area contributed by atoms with E-state index in [1.54, 1.807) is 6.07 Å². The van der Waals surface area contributed by atoms with E-state index in [2.05, 4.69) is 21.5 Å². The zero-order valence-electron chi connectivity index (χ0n) is 12.7. The molecule has 1 aromatic rings. The van der Waals surface area contributed by atoms with Crippen molar-refractivity contribution in [2.75, 3.05) is 37.8 Å². The fourth-order valence-corrected chi connectivity index (χ4v) is 2.90. The fourth-order valence-electron chi connectivity index (χ4n) is 2.90. The minimum atomic E-state index is -0.343. The first-order chi connectivity index (χ1) is 11.2. The number of carbonyl (C=O) groups is 1. The minimum Gasteiger partial charge on any atom is -0.396 e. The van der Waals surface area contributed by atoms with Gasteiger partial charge in [-0.25, -0.2) is 5.43 Å².